The van der Waals surface area contributed by atoms with Crippen molar-refractivity contribution in [1.82, 2.24) is 5.32 Å². The number of carbonyl (C=O) groups is 1. The van der Waals surface area contributed by atoms with Crippen molar-refractivity contribution in [3.8, 4) is 0 Å². The van der Waals surface area contributed by atoms with E-state index in [0.717, 1.165) is 50.6 Å². The number of hydrogen-bond acceptors (Lipinski definition) is 2. The zero-order chi connectivity index (χ0) is 13.0. The van der Waals surface area contributed by atoms with Crippen LogP contribution in [-0.4, -0.2) is 18.9 Å². The standard InChI is InChI=1S/C14H17F2NO/c15-12-7-11(8-13(16)9-12)14(18)2-1-10-3-5-17-6-4-10/h7-10,17H,1-6H2. The molecule has 4 heteroatoms. The fourth-order valence-electron chi connectivity index (χ4n) is 2.36. The van der Waals surface area contributed by atoms with Gasteiger partial charge in [-0.25, -0.2) is 8.78 Å². The molecular weight excluding hydrogens is 236 g/mol. The van der Waals surface area contributed by atoms with Crippen LogP contribution in [0.2, 0.25) is 0 Å². The highest BCUT2D eigenvalue weighted by atomic mass is 19.1. The third-order valence-electron chi connectivity index (χ3n) is 3.42. The average molecular weight is 253 g/mol. The third kappa shape index (κ3) is 3.60. The van der Waals surface area contributed by atoms with E-state index < -0.39 is 11.6 Å². The molecule has 0 aliphatic carbocycles. The SMILES string of the molecule is O=C(CCC1CCNCC1)c1cc(F)cc(F)c1. The number of carbonyl (C=O) groups excluding carboxylic acids is 1. The van der Waals surface area contributed by atoms with Crippen LogP contribution in [0.25, 0.3) is 0 Å². The molecule has 98 valence electrons. The Hall–Kier alpha value is -1.29. The fourth-order valence-corrected chi connectivity index (χ4v) is 2.36. The highest BCUT2D eigenvalue weighted by molar-refractivity contribution is 5.96. The van der Waals surface area contributed by atoms with E-state index in [9.17, 15) is 13.6 Å². The van der Waals surface area contributed by atoms with Crippen LogP contribution < -0.4 is 5.32 Å². The highest BCUT2D eigenvalue weighted by Crippen LogP contribution is 2.20. The molecule has 0 amide bonds. The van der Waals surface area contributed by atoms with Gasteiger partial charge in [0.25, 0.3) is 0 Å². The number of nitrogens with one attached hydrogen (secondary N) is 1. The van der Waals surface area contributed by atoms with Gasteiger partial charge in [0.05, 0.1) is 0 Å². The summed E-state index contributed by atoms with van der Waals surface area (Å²) in [7, 11) is 0. The molecule has 1 aliphatic rings. The van der Waals surface area contributed by atoms with E-state index in [-0.39, 0.29) is 11.3 Å². The quantitative estimate of drug-likeness (QED) is 0.836. The van der Waals surface area contributed by atoms with Crippen molar-refractivity contribution in [3.63, 3.8) is 0 Å². The topological polar surface area (TPSA) is 29.1 Å². The fraction of sp³-hybridized carbons (Fsp3) is 0.500. The molecule has 0 radical (unpaired) electrons. The molecule has 0 unspecified atom stereocenters. The summed E-state index contributed by atoms with van der Waals surface area (Å²) in [6, 6.07) is 2.99. The number of Topliss-reactive ketones (excluding diaryl/α,β-unsaturated/α-hetero) is 1. The summed E-state index contributed by atoms with van der Waals surface area (Å²) >= 11 is 0. The lowest BCUT2D eigenvalue weighted by molar-refractivity contribution is 0.0970. The van der Waals surface area contributed by atoms with Crippen molar-refractivity contribution in [3.05, 3.63) is 35.4 Å². The molecular formula is C14H17F2NO. The average Bonchev–Trinajstić information content (AvgIpc) is 2.36. The summed E-state index contributed by atoms with van der Waals surface area (Å²) in [6.07, 6.45) is 3.32. The molecule has 0 aromatic heterocycles. The van der Waals surface area contributed by atoms with Crippen LogP contribution in [0.4, 0.5) is 8.78 Å². The molecule has 18 heavy (non-hydrogen) atoms. The first kappa shape index (κ1) is 13.1. The van der Waals surface area contributed by atoms with Gasteiger partial charge in [-0.05, 0) is 50.4 Å². The van der Waals surface area contributed by atoms with Gasteiger partial charge in [-0.2, -0.15) is 0 Å². The summed E-state index contributed by atoms with van der Waals surface area (Å²) in [4.78, 5) is 11.8. The van der Waals surface area contributed by atoms with Crippen molar-refractivity contribution >= 4 is 5.78 Å². The molecule has 2 nitrogen and oxygen atoms in total. The van der Waals surface area contributed by atoms with Crippen LogP contribution in [-0.2, 0) is 0 Å². The molecule has 1 heterocycles. The second kappa shape index (κ2) is 6.05. The maximum atomic E-state index is 13.0. The minimum atomic E-state index is -0.694. The summed E-state index contributed by atoms with van der Waals surface area (Å²) < 4.78 is 26.0. The van der Waals surface area contributed by atoms with Crippen LogP contribution in [0.5, 0.6) is 0 Å². The van der Waals surface area contributed by atoms with Gasteiger partial charge in [0.15, 0.2) is 5.78 Å². The van der Waals surface area contributed by atoms with E-state index in [1.165, 1.54) is 0 Å². The predicted molar refractivity (Wildman–Crippen MR) is 65.5 cm³/mol. The normalized spacial score (nSPS) is 16.8. The second-order valence-electron chi connectivity index (χ2n) is 4.81. The Morgan fingerprint density at radius 2 is 1.78 bits per heavy atom. The number of ketones is 1. The van der Waals surface area contributed by atoms with Gasteiger partial charge >= 0.3 is 0 Å². The highest BCUT2D eigenvalue weighted by Gasteiger charge is 2.16. The van der Waals surface area contributed by atoms with Gasteiger partial charge in [-0.1, -0.05) is 0 Å². The van der Waals surface area contributed by atoms with Crippen LogP contribution >= 0.6 is 0 Å². The lowest BCUT2D eigenvalue weighted by Crippen LogP contribution is -2.28. The van der Waals surface area contributed by atoms with Crippen LogP contribution in [0.1, 0.15) is 36.0 Å². The summed E-state index contributed by atoms with van der Waals surface area (Å²) in [5.74, 6) is -1.01. The smallest absolute Gasteiger partial charge is 0.163 e. The summed E-state index contributed by atoms with van der Waals surface area (Å²) in [6.45, 7) is 1.99. The largest absolute Gasteiger partial charge is 0.317 e. The van der Waals surface area contributed by atoms with Gasteiger partial charge in [0.1, 0.15) is 11.6 Å². The lowest BCUT2D eigenvalue weighted by atomic mass is 9.91. The Morgan fingerprint density at radius 1 is 1.17 bits per heavy atom. The summed E-state index contributed by atoms with van der Waals surface area (Å²) in [5, 5.41) is 3.26. The zero-order valence-electron chi connectivity index (χ0n) is 10.2. The van der Waals surface area contributed by atoms with Crippen molar-refractivity contribution in [2.75, 3.05) is 13.1 Å². The second-order valence-corrected chi connectivity index (χ2v) is 4.81. The predicted octanol–water partition coefficient (Wildman–Crippen LogP) is 2.93. The third-order valence-corrected chi connectivity index (χ3v) is 3.42. The van der Waals surface area contributed by atoms with E-state index in [4.69, 9.17) is 0 Å². The van der Waals surface area contributed by atoms with E-state index in [0.29, 0.717) is 12.3 Å². The molecule has 1 aliphatic heterocycles. The Labute approximate surface area is 105 Å². The molecule has 1 fully saturated rings. The van der Waals surface area contributed by atoms with Crippen molar-refractivity contribution in [2.45, 2.75) is 25.7 Å². The maximum absolute atomic E-state index is 13.0. The van der Waals surface area contributed by atoms with Crippen molar-refractivity contribution in [2.24, 2.45) is 5.92 Å². The van der Waals surface area contributed by atoms with Crippen molar-refractivity contribution in [1.29, 1.82) is 0 Å². The first-order valence-electron chi connectivity index (χ1n) is 6.35. The van der Waals surface area contributed by atoms with Gasteiger partial charge < -0.3 is 5.32 Å². The Kier molecular flexibility index (Phi) is 4.42. The molecule has 1 N–H and O–H groups in total. The first-order valence-corrected chi connectivity index (χ1v) is 6.35. The number of benzene rings is 1. The molecule has 0 bridgehead atoms. The minimum Gasteiger partial charge on any atom is -0.317 e. The van der Waals surface area contributed by atoms with Crippen molar-refractivity contribution < 1.29 is 13.6 Å². The first-order chi connectivity index (χ1) is 8.65. The minimum absolute atomic E-state index is 0.140. The van der Waals surface area contributed by atoms with Gasteiger partial charge in [0, 0.05) is 18.1 Å². The molecule has 1 aromatic rings. The number of rotatable bonds is 4. The Balaban J connectivity index is 1.90. The van der Waals surface area contributed by atoms with E-state index in [1.807, 2.05) is 0 Å². The van der Waals surface area contributed by atoms with Gasteiger partial charge in [0.2, 0.25) is 0 Å². The molecule has 0 atom stereocenters. The van der Waals surface area contributed by atoms with E-state index in [2.05, 4.69) is 5.32 Å². The summed E-state index contributed by atoms with van der Waals surface area (Å²) in [5.41, 5.74) is 0.140. The molecule has 1 saturated heterocycles. The monoisotopic (exact) mass is 253 g/mol. The molecule has 0 spiro atoms. The Morgan fingerprint density at radius 3 is 2.39 bits per heavy atom. The molecule has 1 aromatic carbocycles. The van der Waals surface area contributed by atoms with Crippen LogP contribution in [0, 0.1) is 17.6 Å². The number of piperidine rings is 1. The lowest BCUT2D eigenvalue weighted by Gasteiger charge is -2.22. The van der Waals surface area contributed by atoms with E-state index in [1.54, 1.807) is 0 Å². The molecule has 2 rings (SSSR count). The van der Waals surface area contributed by atoms with Gasteiger partial charge in [-0.15, -0.1) is 0 Å². The number of hydrogen-bond donors (Lipinski definition) is 1. The maximum Gasteiger partial charge on any atom is 0.163 e. The van der Waals surface area contributed by atoms with Crippen LogP contribution in [0.15, 0.2) is 18.2 Å². The molecule has 0 saturated carbocycles. The zero-order valence-corrected chi connectivity index (χ0v) is 10.2. The number of halogens is 2. The van der Waals surface area contributed by atoms with Crippen LogP contribution in [0.3, 0.4) is 0 Å². The Bertz CT molecular complexity index is 408. The van der Waals surface area contributed by atoms with E-state index >= 15 is 0 Å². The van der Waals surface area contributed by atoms with Gasteiger partial charge in [-0.3, -0.25) is 4.79 Å².